The number of primary amides is 1. The second-order valence-electron chi connectivity index (χ2n) is 3.85. The molecule has 1 atom stereocenters. The van der Waals surface area contributed by atoms with Crippen LogP contribution in [0, 0.1) is 5.92 Å². The molecule has 0 aliphatic heterocycles. The molecule has 4 nitrogen and oxygen atoms in total. The summed E-state index contributed by atoms with van der Waals surface area (Å²) in [5.74, 6) is -0.377. The summed E-state index contributed by atoms with van der Waals surface area (Å²) in [6.45, 7) is 5.55. The lowest BCUT2D eigenvalue weighted by molar-refractivity contribution is -0.117. The first kappa shape index (κ1) is 13.4. The number of sulfone groups is 1. The number of hydrogen-bond donors (Lipinski definition) is 1. The number of carbonyl (C=O) groups is 1. The van der Waals surface area contributed by atoms with Crippen LogP contribution in [0.5, 0.6) is 0 Å². The van der Waals surface area contributed by atoms with Crippen LogP contribution in [0.3, 0.4) is 0 Å². The summed E-state index contributed by atoms with van der Waals surface area (Å²) < 4.78 is 23.2. The van der Waals surface area contributed by atoms with Gasteiger partial charge in [0.2, 0.25) is 5.91 Å². The van der Waals surface area contributed by atoms with Crippen molar-refractivity contribution in [1.82, 2.24) is 0 Å². The summed E-state index contributed by atoms with van der Waals surface area (Å²) in [5.41, 5.74) is 5.02. The average molecular weight is 221 g/mol. The second kappa shape index (κ2) is 5.34. The maximum atomic E-state index is 11.6. The fraction of sp³-hybridized carbons (Fsp3) is 0.889. The molecule has 84 valence electrons. The smallest absolute Gasteiger partial charge is 0.235 e. The second-order valence-corrected chi connectivity index (χ2v) is 6.15. The summed E-state index contributed by atoms with van der Waals surface area (Å²) in [6.07, 6.45) is 0.835. The number of carbonyl (C=O) groups excluding carboxylic acids is 1. The molecule has 1 amide bonds. The van der Waals surface area contributed by atoms with E-state index in [-0.39, 0.29) is 12.2 Å². The first-order valence-corrected chi connectivity index (χ1v) is 6.53. The lowest BCUT2D eigenvalue weighted by atomic mass is 10.2. The van der Waals surface area contributed by atoms with Crippen LogP contribution in [-0.4, -0.2) is 25.3 Å². The molecule has 0 rings (SSSR count). The minimum atomic E-state index is -3.34. The molecule has 0 saturated heterocycles. The fourth-order valence-electron chi connectivity index (χ4n) is 1.17. The molecule has 0 aromatic rings. The molecule has 0 spiro atoms. The van der Waals surface area contributed by atoms with Gasteiger partial charge in [-0.3, -0.25) is 4.79 Å². The van der Waals surface area contributed by atoms with E-state index in [0.29, 0.717) is 12.3 Å². The van der Waals surface area contributed by atoms with E-state index in [4.69, 9.17) is 5.73 Å². The van der Waals surface area contributed by atoms with E-state index >= 15 is 0 Å². The van der Waals surface area contributed by atoms with Gasteiger partial charge in [0.1, 0.15) is 5.25 Å². The monoisotopic (exact) mass is 221 g/mol. The Morgan fingerprint density at radius 2 is 1.86 bits per heavy atom. The predicted octanol–water partition coefficient (Wildman–Crippen LogP) is 0.711. The molecule has 0 aromatic carbocycles. The van der Waals surface area contributed by atoms with Gasteiger partial charge in [0.25, 0.3) is 0 Å². The summed E-state index contributed by atoms with van der Waals surface area (Å²) in [5, 5.41) is -1.01. The summed E-state index contributed by atoms with van der Waals surface area (Å²) in [7, 11) is -3.34. The molecule has 0 radical (unpaired) electrons. The predicted molar refractivity (Wildman–Crippen MR) is 56.5 cm³/mol. The van der Waals surface area contributed by atoms with E-state index in [9.17, 15) is 13.2 Å². The Hall–Kier alpha value is -0.580. The van der Waals surface area contributed by atoms with Crippen molar-refractivity contribution >= 4 is 15.7 Å². The first-order valence-electron chi connectivity index (χ1n) is 4.82. The molecule has 0 fully saturated rings. The summed E-state index contributed by atoms with van der Waals surface area (Å²) >= 11 is 0. The van der Waals surface area contributed by atoms with Gasteiger partial charge in [0.05, 0.1) is 5.75 Å². The van der Waals surface area contributed by atoms with E-state index in [1.807, 2.05) is 13.8 Å². The zero-order chi connectivity index (χ0) is 11.4. The topological polar surface area (TPSA) is 77.2 Å². The molecule has 14 heavy (non-hydrogen) atoms. The van der Waals surface area contributed by atoms with Crippen LogP contribution in [0.25, 0.3) is 0 Å². The third-order valence-electron chi connectivity index (χ3n) is 2.10. The Morgan fingerprint density at radius 1 is 1.36 bits per heavy atom. The highest BCUT2D eigenvalue weighted by atomic mass is 32.2. The Morgan fingerprint density at radius 3 is 2.14 bits per heavy atom. The standard InChI is InChI=1S/C9H19NO3S/c1-4-8(9(10)11)14(12,13)6-5-7(2)3/h7-8H,4-6H2,1-3H3,(H2,10,11). The van der Waals surface area contributed by atoms with Crippen molar-refractivity contribution < 1.29 is 13.2 Å². The molecular formula is C9H19NO3S. The fourth-order valence-corrected chi connectivity index (χ4v) is 3.12. The van der Waals surface area contributed by atoms with Gasteiger partial charge < -0.3 is 5.73 Å². The lowest BCUT2D eigenvalue weighted by Crippen LogP contribution is -2.36. The Bertz CT molecular complexity index is 282. The van der Waals surface area contributed by atoms with Crippen LogP contribution < -0.4 is 5.73 Å². The molecule has 0 aliphatic rings. The van der Waals surface area contributed by atoms with Crippen molar-refractivity contribution in [2.75, 3.05) is 5.75 Å². The minimum absolute atomic E-state index is 0.0477. The van der Waals surface area contributed by atoms with Gasteiger partial charge in [-0.1, -0.05) is 20.8 Å². The molecule has 0 aliphatic carbocycles. The van der Waals surface area contributed by atoms with E-state index in [0.717, 1.165) is 0 Å². The highest BCUT2D eigenvalue weighted by molar-refractivity contribution is 7.92. The van der Waals surface area contributed by atoms with Crippen LogP contribution >= 0.6 is 0 Å². The highest BCUT2D eigenvalue weighted by Crippen LogP contribution is 2.11. The number of amides is 1. The normalized spacial score (nSPS) is 14.3. The Balaban J connectivity index is 4.51. The highest BCUT2D eigenvalue weighted by Gasteiger charge is 2.28. The first-order chi connectivity index (χ1) is 6.31. The van der Waals surface area contributed by atoms with Crippen molar-refractivity contribution in [1.29, 1.82) is 0 Å². The number of nitrogens with two attached hydrogens (primary N) is 1. The van der Waals surface area contributed by atoms with E-state index in [1.165, 1.54) is 0 Å². The molecule has 1 unspecified atom stereocenters. The zero-order valence-corrected chi connectivity index (χ0v) is 9.80. The number of hydrogen-bond acceptors (Lipinski definition) is 3. The van der Waals surface area contributed by atoms with Gasteiger partial charge in [-0.05, 0) is 18.8 Å². The molecule has 5 heteroatoms. The average Bonchev–Trinajstić information content (AvgIpc) is 2.01. The van der Waals surface area contributed by atoms with Crippen LogP contribution in [0.1, 0.15) is 33.6 Å². The van der Waals surface area contributed by atoms with Crippen LogP contribution in [0.4, 0.5) is 0 Å². The van der Waals surface area contributed by atoms with E-state index in [2.05, 4.69) is 0 Å². The summed E-state index contributed by atoms with van der Waals surface area (Å²) in [4.78, 5) is 10.9. The van der Waals surface area contributed by atoms with Crippen molar-refractivity contribution in [2.24, 2.45) is 11.7 Å². The zero-order valence-electron chi connectivity index (χ0n) is 8.99. The van der Waals surface area contributed by atoms with Gasteiger partial charge in [-0.15, -0.1) is 0 Å². The molecule has 0 heterocycles. The maximum absolute atomic E-state index is 11.6. The largest absolute Gasteiger partial charge is 0.369 e. The van der Waals surface area contributed by atoms with Gasteiger partial charge in [0.15, 0.2) is 9.84 Å². The van der Waals surface area contributed by atoms with Crippen LogP contribution in [-0.2, 0) is 14.6 Å². The minimum Gasteiger partial charge on any atom is -0.369 e. The Kier molecular flexibility index (Phi) is 5.12. The summed E-state index contributed by atoms with van der Waals surface area (Å²) in [6, 6.07) is 0. The molecule has 0 aromatic heterocycles. The molecule has 0 saturated carbocycles. The third-order valence-corrected chi connectivity index (χ3v) is 4.34. The quantitative estimate of drug-likeness (QED) is 0.717. The molecular weight excluding hydrogens is 202 g/mol. The van der Waals surface area contributed by atoms with Crippen molar-refractivity contribution in [3.05, 3.63) is 0 Å². The van der Waals surface area contributed by atoms with Gasteiger partial charge in [-0.2, -0.15) is 0 Å². The van der Waals surface area contributed by atoms with Crippen molar-refractivity contribution in [3.63, 3.8) is 0 Å². The third kappa shape index (κ3) is 4.09. The molecule has 2 N–H and O–H groups in total. The van der Waals surface area contributed by atoms with E-state index in [1.54, 1.807) is 6.92 Å². The van der Waals surface area contributed by atoms with Gasteiger partial charge >= 0.3 is 0 Å². The van der Waals surface area contributed by atoms with Crippen molar-refractivity contribution in [2.45, 2.75) is 38.9 Å². The van der Waals surface area contributed by atoms with Gasteiger partial charge in [-0.25, -0.2) is 8.42 Å². The van der Waals surface area contributed by atoms with Crippen LogP contribution in [0.2, 0.25) is 0 Å². The number of rotatable bonds is 6. The van der Waals surface area contributed by atoms with Gasteiger partial charge in [0, 0.05) is 0 Å². The van der Waals surface area contributed by atoms with Crippen molar-refractivity contribution in [3.8, 4) is 0 Å². The molecule has 0 bridgehead atoms. The SMILES string of the molecule is CCC(C(N)=O)S(=O)(=O)CCC(C)C. The van der Waals surface area contributed by atoms with E-state index < -0.39 is 21.0 Å². The lowest BCUT2D eigenvalue weighted by Gasteiger charge is -2.12. The Labute approximate surface area is 85.8 Å². The maximum Gasteiger partial charge on any atom is 0.235 e. The van der Waals surface area contributed by atoms with Crippen LogP contribution in [0.15, 0.2) is 0 Å².